The molecule has 0 saturated heterocycles. The maximum atomic E-state index is 12.2. The second-order valence-corrected chi connectivity index (χ2v) is 6.34. The topological polar surface area (TPSA) is 41.5 Å². The van der Waals surface area contributed by atoms with E-state index in [4.69, 9.17) is 34.8 Å². The van der Waals surface area contributed by atoms with E-state index < -0.39 is 0 Å². The number of hydrogen-bond acceptors (Lipinski definition) is 2. The molecule has 1 N–H and O–H groups in total. The van der Waals surface area contributed by atoms with E-state index in [9.17, 15) is 4.79 Å². The summed E-state index contributed by atoms with van der Waals surface area (Å²) < 4.78 is 0. The van der Waals surface area contributed by atoms with E-state index in [1.807, 2.05) is 26.0 Å². The van der Waals surface area contributed by atoms with E-state index >= 15 is 0 Å². The van der Waals surface area contributed by atoms with Gasteiger partial charge in [0, 0.05) is 11.1 Å². The number of amides is 1. The third-order valence-corrected chi connectivity index (χ3v) is 4.67. The number of rotatable bonds is 3. The second kappa shape index (κ2) is 7.35. The fourth-order valence-electron chi connectivity index (χ4n) is 2.13. The predicted molar refractivity (Wildman–Crippen MR) is 97.1 cm³/mol. The van der Waals surface area contributed by atoms with Crippen LogP contribution in [0.1, 0.15) is 34.0 Å². The van der Waals surface area contributed by atoms with Crippen molar-refractivity contribution in [1.82, 2.24) is 5.43 Å². The maximum absolute atomic E-state index is 12.2. The lowest BCUT2D eigenvalue weighted by Gasteiger charge is -2.08. The summed E-state index contributed by atoms with van der Waals surface area (Å²) in [4.78, 5) is 12.2. The lowest BCUT2D eigenvalue weighted by atomic mass is 10.1. The minimum absolute atomic E-state index is 0.265. The monoisotopic (exact) mass is 368 g/mol. The van der Waals surface area contributed by atoms with Crippen molar-refractivity contribution in [1.29, 1.82) is 0 Å². The molecule has 0 aromatic heterocycles. The van der Waals surface area contributed by atoms with Gasteiger partial charge in [0.25, 0.3) is 5.91 Å². The van der Waals surface area contributed by atoms with Crippen molar-refractivity contribution in [3.05, 3.63) is 67.7 Å². The van der Waals surface area contributed by atoms with Crippen LogP contribution in [-0.2, 0) is 0 Å². The zero-order valence-corrected chi connectivity index (χ0v) is 15.1. The van der Waals surface area contributed by atoms with E-state index in [-0.39, 0.29) is 10.9 Å². The van der Waals surface area contributed by atoms with Crippen molar-refractivity contribution in [3.63, 3.8) is 0 Å². The fourth-order valence-corrected chi connectivity index (χ4v) is 2.80. The molecule has 1 amide bonds. The van der Waals surface area contributed by atoms with Crippen molar-refractivity contribution in [2.45, 2.75) is 20.8 Å². The first-order valence-corrected chi connectivity index (χ1v) is 8.00. The highest BCUT2D eigenvalue weighted by Crippen LogP contribution is 2.32. The molecule has 0 heterocycles. The van der Waals surface area contributed by atoms with Crippen LogP contribution in [-0.4, -0.2) is 11.6 Å². The predicted octanol–water partition coefficient (Wildman–Crippen LogP) is 5.42. The zero-order chi connectivity index (χ0) is 17.1. The Morgan fingerprint density at radius 1 is 1.00 bits per heavy atom. The average molecular weight is 370 g/mol. The van der Waals surface area contributed by atoms with Gasteiger partial charge in [-0.25, -0.2) is 5.43 Å². The molecule has 23 heavy (non-hydrogen) atoms. The Bertz CT molecular complexity index is 801. The summed E-state index contributed by atoms with van der Waals surface area (Å²) in [7, 11) is 0. The van der Waals surface area contributed by atoms with Crippen LogP contribution in [0.4, 0.5) is 0 Å². The molecule has 0 spiro atoms. The molecule has 0 unspecified atom stereocenters. The highest BCUT2D eigenvalue weighted by molar-refractivity contribution is 6.49. The fraction of sp³-hybridized carbons (Fsp3) is 0.176. The molecule has 0 aliphatic carbocycles. The summed E-state index contributed by atoms with van der Waals surface area (Å²) in [6, 6.07) is 8.95. The van der Waals surface area contributed by atoms with Gasteiger partial charge >= 0.3 is 0 Å². The number of aryl methyl sites for hydroxylation is 2. The van der Waals surface area contributed by atoms with Crippen LogP contribution in [0.2, 0.25) is 15.1 Å². The Morgan fingerprint density at radius 2 is 1.65 bits per heavy atom. The van der Waals surface area contributed by atoms with E-state index in [0.29, 0.717) is 26.9 Å². The molecule has 2 aromatic carbocycles. The van der Waals surface area contributed by atoms with Gasteiger partial charge in [-0.1, -0.05) is 58.6 Å². The maximum Gasteiger partial charge on any atom is 0.271 e. The number of nitrogens with zero attached hydrogens (tertiary/aromatic N) is 1. The summed E-state index contributed by atoms with van der Waals surface area (Å²) in [6.07, 6.45) is 0. The van der Waals surface area contributed by atoms with E-state index in [1.54, 1.807) is 25.1 Å². The molecule has 0 aliphatic heterocycles. The van der Waals surface area contributed by atoms with E-state index in [0.717, 1.165) is 11.1 Å². The summed E-state index contributed by atoms with van der Waals surface area (Å²) in [5.74, 6) is -0.280. The first kappa shape index (κ1) is 17.8. The Kier molecular flexibility index (Phi) is 5.69. The SMILES string of the molecule is CC(=NNC(=O)c1ccc(C)cc1C)c1ccc(Cl)c(Cl)c1Cl. The molecule has 0 saturated carbocycles. The lowest BCUT2D eigenvalue weighted by Crippen LogP contribution is -2.20. The van der Waals surface area contributed by atoms with Crippen molar-refractivity contribution in [2.24, 2.45) is 5.10 Å². The Balaban J connectivity index is 2.22. The Morgan fingerprint density at radius 3 is 2.30 bits per heavy atom. The largest absolute Gasteiger partial charge is 0.271 e. The minimum atomic E-state index is -0.280. The summed E-state index contributed by atoms with van der Waals surface area (Å²) in [5, 5.41) is 5.04. The molecule has 2 rings (SSSR count). The molecule has 6 heteroatoms. The van der Waals surface area contributed by atoms with Gasteiger partial charge in [0.15, 0.2) is 0 Å². The average Bonchev–Trinajstić information content (AvgIpc) is 2.50. The smallest absolute Gasteiger partial charge is 0.267 e. The molecule has 0 radical (unpaired) electrons. The van der Waals surface area contributed by atoms with Crippen LogP contribution in [0.3, 0.4) is 0 Å². The van der Waals surface area contributed by atoms with Gasteiger partial charge in [0.05, 0.1) is 20.8 Å². The first-order chi connectivity index (χ1) is 10.8. The van der Waals surface area contributed by atoms with Crippen LogP contribution in [0, 0.1) is 13.8 Å². The summed E-state index contributed by atoms with van der Waals surface area (Å²) in [5.41, 5.74) is 6.25. The number of carbonyl (C=O) groups is 1. The van der Waals surface area contributed by atoms with E-state index in [2.05, 4.69) is 10.5 Å². The minimum Gasteiger partial charge on any atom is -0.267 e. The number of halogens is 3. The Hall–Kier alpha value is -1.55. The van der Waals surface area contributed by atoms with Crippen LogP contribution >= 0.6 is 34.8 Å². The third kappa shape index (κ3) is 4.05. The number of carbonyl (C=O) groups excluding carboxylic acids is 1. The van der Waals surface area contributed by atoms with Gasteiger partial charge in [-0.15, -0.1) is 0 Å². The number of hydrazone groups is 1. The molecule has 3 nitrogen and oxygen atoms in total. The van der Waals surface area contributed by atoms with Crippen molar-refractivity contribution >= 4 is 46.4 Å². The van der Waals surface area contributed by atoms with Gasteiger partial charge in [0.1, 0.15) is 0 Å². The van der Waals surface area contributed by atoms with Crippen LogP contribution < -0.4 is 5.43 Å². The number of benzene rings is 2. The van der Waals surface area contributed by atoms with Gasteiger partial charge in [-0.2, -0.15) is 5.10 Å². The highest BCUT2D eigenvalue weighted by Gasteiger charge is 2.12. The molecule has 0 aliphatic rings. The standard InChI is InChI=1S/C17H15Cl3N2O/c1-9-4-5-12(10(2)8-9)17(23)22-21-11(3)13-6-7-14(18)16(20)15(13)19/h4-8H,1-3H3,(H,22,23). The highest BCUT2D eigenvalue weighted by atomic mass is 35.5. The van der Waals surface area contributed by atoms with Gasteiger partial charge in [0.2, 0.25) is 0 Å². The second-order valence-electron chi connectivity index (χ2n) is 5.18. The van der Waals surface area contributed by atoms with Crippen molar-refractivity contribution < 1.29 is 4.79 Å². The summed E-state index contributed by atoms with van der Waals surface area (Å²) in [6.45, 7) is 5.59. The van der Waals surface area contributed by atoms with Gasteiger partial charge in [-0.3, -0.25) is 4.79 Å². The van der Waals surface area contributed by atoms with Crippen molar-refractivity contribution in [2.75, 3.05) is 0 Å². The van der Waals surface area contributed by atoms with Gasteiger partial charge in [-0.05, 0) is 38.5 Å². The zero-order valence-electron chi connectivity index (χ0n) is 12.9. The van der Waals surface area contributed by atoms with E-state index in [1.165, 1.54) is 0 Å². The van der Waals surface area contributed by atoms with Crippen LogP contribution in [0.15, 0.2) is 35.4 Å². The molecular weight excluding hydrogens is 355 g/mol. The third-order valence-electron chi connectivity index (χ3n) is 3.38. The summed E-state index contributed by atoms with van der Waals surface area (Å²) >= 11 is 18.1. The molecule has 0 bridgehead atoms. The Labute approximate surface area is 150 Å². The quantitative estimate of drug-likeness (QED) is 0.438. The lowest BCUT2D eigenvalue weighted by molar-refractivity contribution is 0.0954. The van der Waals surface area contributed by atoms with Crippen molar-refractivity contribution in [3.8, 4) is 0 Å². The molecule has 0 atom stereocenters. The molecule has 2 aromatic rings. The molecule has 0 fully saturated rings. The van der Waals surface area contributed by atoms with Crippen LogP contribution in [0.5, 0.6) is 0 Å². The molecule has 120 valence electrons. The number of hydrogen-bond donors (Lipinski definition) is 1. The normalized spacial score (nSPS) is 11.5. The molecular formula is C17H15Cl3N2O. The number of nitrogens with one attached hydrogen (secondary N) is 1. The van der Waals surface area contributed by atoms with Crippen LogP contribution in [0.25, 0.3) is 0 Å². The first-order valence-electron chi connectivity index (χ1n) is 6.87. The van der Waals surface area contributed by atoms with Gasteiger partial charge < -0.3 is 0 Å².